The van der Waals surface area contributed by atoms with Crippen LogP contribution in [0.2, 0.25) is 0 Å². The zero-order valence-electron chi connectivity index (χ0n) is 10.0. The lowest BCUT2D eigenvalue weighted by molar-refractivity contribution is 0.280. The molecule has 92 valence electrons. The van der Waals surface area contributed by atoms with E-state index in [1.54, 1.807) is 12.2 Å². The Kier molecular flexibility index (Phi) is 3.83. The van der Waals surface area contributed by atoms with Gasteiger partial charge in [-0.1, -0.05) is 30.3 Å². The smallest absolute Gasteiger partial charge is 0.211 e. The monoisotopic (exact) mass is 242 g/mol. The van der Waals surface area contributed by atoms with Gasteiger partial charge in [0.1, 0.15) is 0 Å². The lowest BCUT2D eigenvalue weighted by Crippen LogP contribution is -2.31. The molecule has 1 aromatic rings. The predicted molar refractivity (Wildman–Crippen MR) is 66.6 cm³/mol. The molecule has 0 bridgehead atoms. The van der Waals surface area contributed by atoms with E-state index in [9.17, 15) is 9.59 Å². The summed E-state index contributed by atoms with van der Waals surface area (Å²) in [6, 6.07) is 9.78. The van der Waals surface area contributed by atoms with Crippen LogP contribution in [0.4, 0.5) is 0 Å². The van der Waals surface area contributed by atoms with Crippen molar-refractivity contribution in [2.24, 2.45) is 9.98 Å². The minimum absolute atomic E-state index is 0.0150. The summed E-state index contributed by atoms with van der Waals surface area (Å²) in [6.07, 6.45) is 6.21. The fourth-order valence-corrected chi connectivity index (χ4v) is 2.58. The molecule has 0 amide bonds. The van der Waals surface area contributed by atoms with Crippen LogP contribution in [0.15, 0.2) is 40.3 Å². The van der Waals surface area contributed by atoms with Crippen LogP contribution in [0.25, 0.3) is 0 Å². The molecule has 4 nitrogen and oxygen atoms in total. The summed E-state index contributed by atoms with van der Waals surface area (Å²) in [7, 11) is 0. The van der Waals surface area contributed by atoms with Crippen LogP contribution < -0.4 is 0 Å². The van der Waals surface area contributed by atoms with E-state index >= 15 is 0 Å². The fraction of sp³-hybridized carbons (Fsp3) is 0.429. The molecule has 1 aliphatic rings. The molecule has 0 heterocycles. The van der Waals surface area contributed by atoms with Gasteiger partial charge in [0, 0.05) is 0 Å². The number of hydrogen-bond acceptors (Lipinski definition) is 4. The quantitative estimate of drug-likeness (QED) is 0.604. The van der Waals surface area contributed by atoms with Crippen molar-refractivity contribution in [3.8, 4) is 0 Å². The molecular weight excluding hydrogens is 228 g/mol. The van der Waals surface area contributed by atoms with Gasteiger partial charge < -0.3 is 0 Å². The maximum absolute atomic E-state index is 10.7. The second kappa shape index (κ2) is 5.54. The number of isocyanates is 2. The summed E-state index contributed by atoms with van der Waals surface area (Å²) < 4.78 is 0. The molecule has 0 aliphatic heterocycles. The topological polar surface area (TPSA) is 58.9 Å². The first kappa shape index (κ1) is 12.4. The maximum atomic E-state index is 10.7. The third-order valence-corrected chi connectivity index (χ3v) is 3.59. The number of rotatable bonds is 3. The van der Waals surface area contributed by atoms with Gasteiger partial charge in [0.05, 0.1) is 11.6 Å². The van der Waals surface area contributed by atoms with E-state index in [0.29, 0.717) is 12.8 Å². The SMILES string of the molecule is O=C=NC1CCC(N=C=O)(c2ccccc2)CC1. The Morgan fingerprint density at radius 2 is 1.72 bits per heavy atom. The highest BCUT2D eigenvalue weighted by Gasteiger charge is 2.36. The van der Waals surface area contributed by atoms with Gasteiger partial charge in [0.2, 0.25) is 12.2 Å². The molecule has 2 rings (SSSR count). The molecule has 1 aromatic carbocycles. The molecule has 0 unspecified atom stereocenters. The first-order valence-corrected chi connectivity index (χ1v) is 6.02. The number of nitrogens with zero attached hydrogens (tertiary/aromatic N) is 2. The van der Waals surface area contributed by atoms with Crippen molar-refractivity contribution in [3.05, 3.63) is 35.9 Å². The zero-order chi connectivity index (χ0) is 12.8. The van der Waals surface area contributed by atoms with Crippen LogP contribution in [0, 0.1) is 0 Å². The van der Waals surface area contributed by atoms with Gasteiger partial charge in [-0.3, -0.25) is 0 Å². The molecular formula is C14H14N2O2. The van der Waals surface area contributed by atoms with Crippen molar-refractivity contribution in [2.45, 2.75) is 37.3 Å². The predicted octanol–water partition coefficient (Wildman–Crippen LogP) is 2.50. The van der Waals surface area contributed by atoms with Crippen molar-refractivity contribution >= 4 is 12.2 Å². The van der Waals surface area contributed by atoms with Crippen molar-refractivity contribution in [2.75, 3.05) is 0 Å². The second-order valence-electron chi connectivity index (χ2n) is 4.55. The average molecular weight is 242 g/mol. The largest absolute Gasteiger partial charge is 0.235 e. The van der Waals surface area contributed by atoms with Crippen LogP contribution in [0.5, 0.6) is 0 Å². The van der Waals surface area contributed by atoms with Crippen LogP contribution in [-0.4, -0.2) is 18.2 Å². The normalized spacial score (nSPS) is 26.8. The van der Waals surface area contributed by atoms with Gasteiger partial charge in [-0.2, -0.15) is 4.99 Å². The summed E-state index contributed by atoms with van der Waals surface area (Å²) in [5.74, 6) is 0. The van der Waals surface area contributed by atoms with Crippen molar-refractivity contribution in [1.82, 2.24) is 0 Å². The Morgan fingerprint density at radius 3 is 2.28 bits per heavy atom. The molecule has 0 N–H and O–H groups in total. The number of carbonyl (C=O) groups excluding carboxylic acids is 2. The molecule has 18 heavy (non-hydrogen) atoms. The van der Waals surface area contributed by atoms with Gasteiger partial charge in [-0.15, -0.1) is 0 Å². The molecule has 0 spiro atoms. The maximum Gasteiger partial charge on any atom is 0.235 e. The Balaban J connectivity index is 2.26. The summed E-state index contributed by atoms with van der Waals surface area (Å²) in [4.78, 5) is 28.7. The molecule has 0 atom stereocenters. The summed E-state index contributed by atoms with van der Waals surface area (Å²) in [5, 5.41) is 0. The first-order chi connectivity index (χ1) is 8.80. The van der Waals surface area contributed by atoms with Crippen molar-refractivity contribution in [3.63, 3.8) is 0 Å². The van der Waals surface area contributed by atoms with E-state index in [4.69, 9.17) is 0 Å². The highest BCUT2D eigenvalue weighted by molar-refractivity contribution is 5.39. The minimum atomic E-state index is -0.488. The Morgan fingerprint density at radius 1 is 1.06 bits per heavy atom. The average Bonchev–Trinajstić information content (AvgIpc) is 2.43. The molecule has 0 radical (unpaired) electrons. The fourth-order valence-electron chi connectivity index (χ4n) is 2.58. The van der Waals surface area contributed by atoms with E-state index in [2.05, 4.69) is 9.98 Å². The second-order valence-corrected chi connectivity index (χ2v) is 4.55. The minimum Gasteiger partial charge on any atom is -0.211 e. The summed E-state index contributed by atoms with van der Waals surface area (Å²) in [5.41, 5.74) is 0.541. The molecule has 1 aliphatic carbocycles. The molecule has 0 aromatic heterocycles. The highest BCUT2D eigenvalue weighted by Crippen LogP contribution is 2.41. The third kappa shape index (κ3) is 2.45. The van der Waals surface area contributed by atoms with E-state index < -0.39 is 5.54 Å². The van der Waals surface area contributed by atoms with E-state index in [0.717, 1.165) is 18.4 Å². The standard InChI is InChI=1S/C14H14N2O2/c17-10-15-13-6-8-14(9-7-13,16-11-18)12-4-2-1-3-5-12/h1-5,13H,6-9H2. The zero-order valence-corrected chi connectivity index (χ0v) is 10.0. The van der Waals surface area contributed by atoms with Gasteiger partial charge in [0.25, 0.3) is 0 Å². The van der Waals surface area contributed by atoms with Crippen LogP contribution in [-0.2, 0) is 15.1 Å². The van der Waals surface area contributed by atoms with Crippen LogP contribution >= 0.6 is 0 Å². The van der Waals surface area contributed by atoms with Gasteiger partial charge in [-0.25, -0.2) is 14.6 Å². The molecule has 0 saturated heterocycles. The van der Waals surface area contributed by atoms with E-state index in [-0.39, 0.29) is 6.04 Å². The lowest BCUT2D eigenvalue weighted by atomic mass is 9.75. The van der Waals surface area contributed by atoms with Gasteiger partial charge in [-0.05, 0) is 31.2 Å². The van der Waals surface area contributed by atoms with Crippen molar-refractivity contribution in [1.29, 1.82) is 0 Å². The van der Waals surface area contributed by atoms with Crippen LogP contribution in [0.1, 0.15) is 31.2 Å². The van der Waals surface area contributed by atoms with Gasteiger partial charge in [0.15, 0.2) is 0 Å². The Bertz CT molecular complexity index is 492. The molecule has 1 saturated carbocycles. The Hall–Kier alpha value is -2.02. The number of aliphatic imine (C=N–C) groups is 2. The highest BCUT2D eigenvalue weighted by atomic mass is 16.1. The molecule has 1 fully saturated rings. The van der Waals surface area contributed by atoms with Crippen molar-refractivity contribution < 1.29 is 9.59 Å². The summed E-state index contributed by atoms with van der Waals surface area (Å²) >= 11 is 0. The summed E-state index contributed by atoms with van der Waals surface area (Å²) in [6.45, 7) is 0. The van der Waals surface area contributed by atoms with Gasteiger partial charge >= 0.3 is 0 Å². The van der Waals surface area contributed by atoms with E-state index in [1.165, 1.54) is 0 Å². The first-order valence-electron chi connectivity index (χ1n) is 6.02. The Labute approximate surface area is 105 Å². The van der Waals surface area contributed by atoms with Crippen LogP contribution in [0.3, 0.4) is 0 Å². The number of hydrogen-bond donors (Lipinski definition) is 0. The number of benzene rings is 1. The molecule has 4 heteroatoms. The lowest BCUT2D eigenvalue weighted by Gasteiger charge is -2.34. The van der Waals surface area contributed by atoms with E-state index in [1.807, 2.05) is 30.3 Å². The third-order valence-electron chi connectivity index (χ3n) is 3.59.